The Morgan fingerprint density at radius 2 is 1.35 bits per heavy atom. The van der Waals surface area contributed by atoms with E-state index in [-0.39, 0.29) is 12.1 Å². The molecule has 0 fully saturated rings. The number of rotatable bonds is 9. The Balaban J connectivity index is 1.65. The van der Waals surface area contributed by atoms with Gasteiger partial charge in [-0.1, -0.05) is 68.8 Å². The number of methoxy groups -OCH3 is 1. The normalized spacial score (nSPS) is 12.9. The summed E-state index contributed by atoms with van der Waals surface area (Å²) in [7, 11) is 1.71. The standard InChI is InChI=1S/C28H32O3/c1-5-7-21(6-2)23-16-18-27(19-17-23)31-28(29)26-14-12-25(13-15-26)24-10-8-22(9-11-24)20(3)30-4/h8-21H,5-7H2,1-4H3. The molecule has 0 amide bonds. The second kappa shape index (κ2) is 10.9. The number of carbonyl (C=O) groups is 1. The highest BCUT2D eigenvalue weighted by atomic mass is 16.5. The van der Waals surface area contributed by atoms with E-state index in [1.807, 2.05) is 43.3 Å². The quantitative estimate of drug-likeness (QED) is 0.266. The minimum absolute atomic E-state index is 0.0692. The molecule has 0 radical (unpaired) electrons. The van der Waals surface area contributed by atoms with Crippen LogP contribution in [0.15, 0.2) is 72.8 Å². The lowest BCUT2D eigenvalue weighted by Gasteiger charge is -2.14. The molecule has 0 aliphatic carbocycles. The Morgan fingerprint density at radius 3 is 1.87 bits per heavy atom. The molecule has 3 aromatic rings. The van der Waals surface area contributed by atoms with Crippen molar-refractivity contribution in [2.75, 3.05) is 7.11 Å². The fourth-order valence-electron chi connectivity index (χ4n) is 3.81. The minimum Gasteiger partial charge on any atom is -0.423 e. The van der Waals surface area contributed by atoms with Crippen LogP contribution >= 0.6 is 0 Å². The Kier molecular flexibility index (Phi) is 8.02. The molecule has 2 atom stereocenters. The summed E-state index contributed by atoms with van der Waals surface area (Å²) in [6, 6.07) is 23.7. The van der Waals surface area contributed by atoms with Gasteiger partial charge in [0.2, 0.25) is 0 Å². The first-order valence-corrected chi connectivity index (χ1v) is 11.1. The summed E-state index contributed by atoms with van der Waals surface area (Å²) in [6.45, 7) is 6.45. The molecule has 3 nitrogen and oxygen atoms in total. The minimum atomic E-state index is -0.343. The van der Waals surface area contributed by atoms with Gasteiger partial charge in [-0.15, -0.1) is 0 Å². The Hall–Kier alpha value is -2.91. The molecule has 31 heavy (non-hydrogen) atoms. The van der Waals surface area contributed by atoms with Gasteiger partial charge in [-0.25, -0.2) is 4.79 Å². The number of hydrogen-bond donors (Lipinski definition) is 0. The molecule has 0 N–H and O–H groups in total. The molecule has 0 aliphatic rings. The smallest absolute Gasteiger partial charge is 0.343 e. The first-order valence-electron chi connectivity index (χ1n) is 11.1. The molecule has 0 aromatic heterocycles. The van der Waals surface area contributed by atoms with Gasteiger partial charge in [-0.05, 0) is 72.2 Å². The topological polar surface area (TPSA) is 35.5 Å². The number of esters is 1. The van der Waals surface area contributed by atoms with Gasteiger partial charge in [0, 0.05) is 7.11 Å². The fourth-order valence-corrected chi connectivity index (χ4v) is 3.81. The summed E-state index contributed by atoms with van der Waals surface area (Å²) in [5, 5.41) is 0. The molecule has 0 aliphatic heterocycles. The number of carbonyl (C=O) groups excluding carboxylic acids is 1. The molecule has 0 saturated heterocycles. The molecule has 0 saturated carbocycles. The average Bonchev–Trinajstić information content (AvgIpc) is 2.83. The van der Waals surface area contributed by atoms with Crippen LogP contribution < -0.4 is 4.74 Å². The zero-order valence-electron chi connectivity index (χ0n) is 18.9. The zero-order valence-corrected chi connectivity index (χ0v) is 18.9. The van der Waals surface area contributed by atoms with Crippen molar-refractivity contribution in [1.82, 2.24) is 0 Å². The van der Waals surface area contributed by atoms with Crippen LogP contribution in [0.2, 0.25) is 0 Å². The van der Waals surface area contributed by atoms with E-state index in [0.29, 0.717) is 17.2 Å². The Bertz CT molecular complexity index is 957. The highest BCUT2D eigenvalue weighted by molar-refractivity contribution is 5.91. The van der Waals surface area contributed by atoms with Gasteiger partial charge in [-0.2, -0.15) is 0 Å². The molecule has 2 unspecified atom stereocenters. The predicted molar refractivity (Wildman–Crippen MR) is 127 cm³/mol. The van der Waals surface area contributed by atoms with Crippen LogP contribution in [-0.2, 0) is 4.74 Å². The third kappa shape index (κ3) is 5.83. The molecule has 0 heterocycles. The van der Waals surface area contributed by atoms with Crippen LogP contribution in [0.4, 0.5) is 0 Å². The van der Waals surface area contributed by atoms with Gasteiger partial charge >= 0.3 is 5.97 Å². The van der Waals surface area contributed by atoms with E-state index < -0.39 is 0 Å². The van der Waals surface area contributed by atoms with E-state index in [0.717, 1.165) is 23.1 Å². The second-order valence-electron chi connectivity index (χ2n) is 7.93. The van der Waals surface area contributed by atoms with E-state index in [4.69, 9.17) is 9.47 Å². The third-order valence-electron chi connectivity index (χ3n) is 5.88. The molecule has 3 aromatic carbocycles. The summed E-state index contributed by atoms with van der Waals surface area (Å²) >= 11 is 0. The lowest BCUT2D eigenvalue weighted by molar-refractivity contribution is 0.0734. The SMILES string of the molecule is CCCC(CC)c1ccc(OC(=O)c2ccc(-c3ccc(C(C)OC)cc3)cc2)cc1. The summed E-state index contributed by atoms with van der Waals surface area (Å²) in [5.41, 5.74) is 5.13. The van der Waals surface area contributed by atoms with Gasteiger partial charge in [0.1, 0.15) is 5.75 Å². The van der Waals surface area contributed by atoms with Crippen molar-refractivity contribution >= 4 is 5.97 Å². The molecule has 162 valence electrons. The first kappa shape index (κ1) is 22.8. The fraction of sp³-hybridized carbons (Fsp3) is 0.321. The largest absolute Gasteiger partial charge is 0.423 e. The van der Waals surface area contributed by atoms with Gasteiger partial charge in [0.15, 0.2) is 0 Å². The van der Waals surface area contributed by atoms with E-state index in [9.17, 15) is 4.79 Å². The first-order chi connectivity index (χ1) is 15.0. The molecule has 3 heteroatoms. The summed E-state index contributed by atoms with van der Waals surface area (Å²) in [4.78, 5) is 12.6. The van der Waals surface area contributed by atoms with E-state index >= 15 is 0 Å². The average molecular weight is 417 g/mol. The molecular formula is C28H32O3. The molecule has 3 rings (SSSR count). The van der Waals surface area contributed by atoms with Crippen molar-refractivity contribution in [3.63, 3.8) is 0 Å². The Labute approximate surface area is 186 Å². The predicted octanol–water partition coefficient (Wildman–Crippen LogP) is 7.57. The van der Waals surface area contributed by atoms with Crippen LogP contribution in [0.5, 0.6) is 5.75 Å². The lowest BCUT2D eigenvalue weighted by atomic mass is 9.92. The third-order valence-corrected chi connectivity index (χ3v) is 5.88. The maximum Gasteiger partial charge on any atom is 0.343 e. The highest BCUT2D eigenvalue weighted by Gasteiger charge is 2.12. The van der Waals surface area contributed by atoms with Crippen molar-refractivity contribution in [2.45, 2.75) is 52.1 Å². The highest BCUT2D eigenvalue weighted by Crippen LogP contribution is 2.27. The number of benzene rings is 3. The summed E-state index contributed by atoms with van der Waals surface area (Å²) in [5.74, 6) is 0.797. The van der Waals surface area contributed by atoms with Gasteiger partial charge in [-0.3, -0.25) is 0 Å². The maximum absolute atomic E-state index is 12.6. The van der Waals surface area contributed by atoms with Crippen LogP contribution in [0.3, 0.4) is 0 Å². The van der Waals surface area contributed by atoms with Crippen LogP contribution in [0.1, 0.15) is 73.5 Å². The van der Waals surface area contributed by atoms with Crippen molar-refractivity contribution in [3.8, 4) is 16.9 Å². The summed E-state index contributed by atoms with van der Waals surface area (Å²) in [6.07, 6.45) is 3.53. The van der Waals surface area contributed by atoms with E-state index in [1.54, 1.807) is 7.11 Å². The van der Waals surface area contributed by atoms with Crippen molar-refractivity contribution in [1.29, 1.82) is 0 Å². The number of ether oxygens (including phenoxy) is 2. The van der Waals surface area contributed by atoms with Crippen molar-refractivity contribution in [3.05, 3.63) is 89.5 Å². The van der Waals surface area contributed by atoms with Gasteiger partial charge in [0.05, 0.1) is 11.7 Å². The van der Waals surface area contributed by atoms with Crippen LogP contribution in [0.25, 0.3) is 11.1 Å². The molecular weight excluding hydrogens is 384 g/mol. The van der Waals surface area contributed by atoms with E-state index in [1.165, 1.54) is 18.4 Å². The van der Waals surface area contributed by atoms with Crippen molar-refractivity contribution < 1.29 is 14.3 Å². The monoisotopic (exact) mass is 416 g/mol. The summed E-state index contributed by atoms with van der Waals surface area (Å²) < 4.78 is 10.9. The molecule has 0 spiro atoms. The van der Waals surface area contributed by atoms with Gasteiger partial charge < -0.3 is 9.47 Å². The molecule has 0 bridgehead atoms. The maximum atomic E-state index is 12.6. The number of hydrogen-bond acceptors (Lipinski definition) is 3. The van der Waals surface area contributed by atoms with Crippen LogP contribution in [-0.4, -0.2) is 13.1 Å². The zero-order chi connectivity index (χ0) is 22.2. The Morgan fingerprint density at radius 1 is 0.806 bits per heavy atom. The van der Waals surface area contributed by atoms with Gasteiger partial charge in [0.25, 0.3) is 0 Å². The van der Waals surface area contributed by atoms with E-state index in [2.05, 4.69) is 50.2 Å². The van der Waals surface area contributed by atoms with Crippen LogP contribution in [0, 0.1) is 0 Å². The lowest BCUT2D eigenvalue weighted by Crippen LogP contribution is -2.08. The van der Waals surface area contributed by atoms with Crippen molar-refractivity contribution in [2.24, 2.45) is 0 Å². The second-order valence-corrected chi connectivity index (χ2v) is 7.93.